The number of anilines is 1. The lowest BCUT2D eigenvalue weighted by atomic mass is 10.1. The molecule has 0 N–H and O–H groups in total. The number of rotatable bonds is 4. The second kappa shape index (κ2) is 8.59. The second-order valence-corrected chi connectivity index (χ2v) is 9.13. The van der Waals surface area contributed by atoms with Gasteiger partial charge >= 0.3 is 0 Å². The van der Waals surface area contributed by atoms with Crippen LogP contribution in [-0.2, 0) is 4.79 Å². The fourth-order valence-corrected chi connectivity index (χ4v) is 5.26. The maximum Gasteiger partial charge on any atom is 0.225 e. The molecule has 0 atom stereocenters. The van der Waals surface area contributed by atoms with E-state index in [0.717, 1.165) is 65.6 Å². The van der Waals surface area contributed by atoms with Gasteiger partial charge in [0.05, 0.1) is 12.6 Å². The standard InChI is InChI=1S/C26H28N6O2/c1-34-20-12-10-18(11-13-20)23-28-29-24-21-8-4-5-9-22(21)27-26(32(23)24)31-16-14-30(15-17-31)25(33)19-6-2-3-7-19/h4-5,8-13,19H,2-3,6-7,14-17H2,1H3. The molecular formula is C26H28N6O2. The zero-order valence-electron chi connectivity index (χ0n) is 19.4. The highest BCUT2D eigenvalue weighted by Crippen LogP contribution is 2.31. The lowest BCUT2D eigenvalue weighted by Crippen LogP contribution is -2.50. The minimum atomic E-state index is 0.219. The van der Waals surface area contributed by atoms with Crippen LogP contribution in [0.2, 0.25) is 0 Å². The van der Waals surface area contributed by atoms with Gasteiger partial charge in [-0.25, -0.2) is 9.38 Å². The van der Waals surface area contributed by atoms with E-state index in [1.165, 1.54) is 12.8 Å². The molecule has 8 nitrogen and oxygen atoms in total. The first-order valence-electron chi connectivity index (χ1n) is 12.0. The predicted molar refractivity (Wildman–Crippen MR) is 131 cm³/mol. The van der Waals surface area contributed by atoms with Crippen molar-refractivity contribution in [2.45, 2.75) is 25.7 Å². The van der Waals surface area contributed by atoms with Crippen molar-refractivity contribution in [2.75, 3.05) is 38.2 Å². The summed E-state index contributed by atoms with van der Waals surface area (Å²) in [5.74, 6) is 2.91. The average Bonchev–Trinajstić information content (AvgIpc) is 3.59. The first-order chi connectivity index (χ1) is 16.7. The Kier molecular flexibility index (Phi) is 5.28. The summed E-state index contributed by atoms with van der Waals surface area (Å²) < 4.78 is 7.38. The number of nitrogens with zero attached hydrogens (tertiary/aromatic N) is 6. The maximum absolute atomic E-state index is 12.9. The van der Waals surface area contributed by atoms with Gasteiger partial charge in [0.1, 0.15) is 5.75 Å². The van der Waals surface area contributed by atoms with E-state index in [2.05, 4.69) is 19.5 Å². The molecule has 174 valence electrons. The third-order valence-electron chi connectivity index (χ3n) is 7.16. The van der Waals surface area contributed by atoms with Crippen LogP contribution < -0.4 is 9.64 Å². The molecule has 2 aromatic carbocycles. The quantitative estimate of drug-likeness (QED) is 0.465. The van der Waals surface area contributed by atoms with Crippen molar-refractivity contribution < 1.29 is 9.53 Å². The summed E-state index contributed by atoms with van der Waals surface area (Å²) in [6.07, 6.45) is 4.43. The largest absolute Gasteiger partial charge is 0.497 e. The van der Waals surface area contributed by atoms with Crippen LogP contribution in [0.25, 0.3) is 27.9 Å². The molecule has 1 aliphatic carbocycles. The van der Waals surface area contributed by atoms with Gasteiger partial charge in [0.2, 0.25) is 11.9 Å². The Hall–Kier alpha value is -3.68. The summed E-state index contributed by atoms with van der Waals surface area (Å²) in [6, 6.07) is 15.9. The first kappa shape index (κ1) is 20.9. The molecule has 0 spiro atoms. The summed E-state index contributed by atoms with van der Waals surface area (Å²) in [5, 5.41) is 10.1. The van der Waals surface area contributed by atoms with Crippen LogP contribution in [0.15, 0.2) is 48.5 Å². The second-order valence-electron chi connectivity index (χ2n) is 9.13. The number of benzene rings is 2. The Bertz CT molecular complexity index is 1330. The Labute approximate surface area is 198 Å². The average molecular weight is 457 g/mol. The van der Waals surface area contributed by atoms with Crippen molar-refractivity contribution in [3.63, 3.8) is 0 Å². The summed E-state index contributed by atoms with van der Waals surface area (Å²) in [6.45, 7) is 2.90. The molecule has 6 rings (SSSR count). The van der Waals surface area contributed by atoms with Crippen molar-refractivity contribution >= 4 is 28.4 Å². The van der Waals surface area contributed by atoms with Gasteiger partial charge in [-0.1, -0.05) is 25.0 Å². The molecule has 2 aliphatic rings. The fourth-order valence-electron chi connectivity index (χ4n) is 5.26. The van der Waals surface area contributed by atoms with Gasteiger partial charge in [-0.2, -0.15) is 0 Å². The normalized spacial score (nSPS) is 17.1. The summed E-state index contributed by atoms with van der Waals surface area (Å²) in [5.41, 5.74) is 2.63. The zero-order valence-corrected chi connectivity index (χ0v) is 19.4. The minimum Gasteiger partial charge on any atom is -0.497 e. The van der Waals surface area contributed by atoms with Crippen molar-refractivity contribution in [1.29, 1.82) is 0 Å². The highest BCUT2D eigenvalue weighted by molar-refractivity contribution is 5.93. The summed E-state index contributed by atoms with van der Waals surface area (Å²) in [4.78, 5) is 22.3. The molecule has 2 aromatic heterocycles. The van der Waals surface area contributed by atoms with E-state index < -0.39 is 0 Å². The molecule has 8 heteroatoms. The van der Waals surface area contributed by atoms with E-state index in [1.807, 2.05) is 53.4 Å². The number of ether oxygens (including phenoxy) is 1. The Morgan fingerprint density at radius 1 is 0.941 bits per heavy atom. The van der Waals surface area contributed by atoms with E-state index in [1.54, 1.807) is 7.11 Å². The van der Waals surface area contributed by atoms with Crippen LogP contribution in [0.5, 0.6) is 5.75 Å². The molecule has 2 fully saturated rings. The zero-order chi connectivity index (χ0) is 23.1. The Morgan fingerprint density at radius 3 is 2.41 bits per heavy atom. The number of methoxy groups -OCH3 is 1. The predicted octanol–water partition coefficient (Wildman–Crippen LogP) is 3.79. The van der Waals surface area contributed by atoms with Crippen molar-refractivity contribution in [3.8, 4) is 17.1 Å². The molecule has 1 aliphatic heterocycles. The van der Waals surface area contributed by atoms with Crippen LogP contribution in [0.4, 0.5) is 5.95 Å². The van der Waals surface area contributed by atoms with Crippen LogP contribution in [-0.4, -0.2) is 63.7 Å². The number of piperazine rings is 1. The van der Waals surface area contributed by atoms with E-state index >= 15 is 0 Å². The molecule has 1 saturated carbocycles. The van der Waals surface area contributed by atoms with Gasteiger partial charge in [-0.05, 0) is 49.2 Å². The number of aromatic nitrogens is 4. The third kappa shape index (κ3) is 3.54. The lowest BCUT2D eigenvalue weighted by molar-refractivity contribution is -0.135. The maximum atomic E-state index is 12.9. The topological polar surface area (TPSA) is 75.9 Å². The van der Waals surface area contributed by atoms with Crippen LogP contribution in [0.3, 0.4) is 0 Å². The number of amides is 1. The number of fused-ring (bicyclic) bond motifs is 3. The Balaban J connectivity index is 1.38. The Morgan fingerprint density at radius 2 is 1.68 bits per heavy atom. The molecule has 1 amide bonds. The molecule has 0 radical (unpaired) electrons. The lowest BCUT2D eigenvalue weighted by Gasteiger charge is -2.36. The molecule has 34 heavy (non-hydrogen) atoms. The fraction of sp³-hybridized carbons (Fsp3) is 0.385. The summed E-state index contributed by atoms with van der Waals surface area (Å²) in [7, 11) is 1.66. The van der Waals surface area contributed by atoms with Crippen molar-refractivity contribution in [2.24, 2.45) is 5.92 Å². The molecule has 1 saturated heterocycles. The van der Waals surface area contributed by atoms with Gasteiger partial charge in [-0.3, -0.25) is 4.79 Å². The van der Waals surface area contributed by atoms with E-state index in [4.69, 9.17) is 9.72 Å². The highest BCUT2D eigenvalue weighted by Gasteiger charge is 2.31. The van der Waals surface area contributed by atoms with Gasteiger partial charge in [0.15, 0.2) is 11.5 Å². The van der Waals surface area contributed by atoms with Crippen molar-refractivity contribution in [1.82, 2.24) is 24.5 Å². The number of hydrogen-bond donors (Lipinski definition) is 0. The van der Waals surface area contributed by atoms with Gasteiger partial charge in [-0.15, -0.1) is 10.2 Å². The monoisotopic (exact) mass is 456 g/mol. The van der Waals surface area contributed by atoms with Gasteiger partial charge in [0, 0.05) is 43.0 Å². The van der Waals surface area contributed by atoms with Crippen LogP contribution >= 0.6 is 0 Å². The van der Waals surface area contributed by atoms with Crippen molar-refractivity contribution in [3.05, 3.63) is 48.5 Å². The molecule has 3 heterocycles. The minimum absolute atomic E-state index is 0.219. The summed E-state index contributed by atoms with van der Waals surface area (Å²) >= 11 is 0. The molecule has 4 aromatic rings. The number of carbonyl (C=O) groups is 1. The first-order valence-corrected chi connectivity index (χ1v) is 12.0. The van der Waals surface area contributed by atoms with Crippen LogP contribution in [0.1, 0.15) is 25.7 Å². The van der Waals surface area contributed by atoms with Gasteiger partial charge < -0.3 is 14.5 Å². The van der Waals surface area contributed by atoms with Gasteiger partial charge in [0.25, 0.3) is 0 Å². The molecular weight excluding hydrogens is 428 g/mol. The van der Waals surface area contributed by atoms with Crippen LogP contribution in [0, 0.1) is 5.92 Å². The molecule has 0 unspecified atom stereocenters. The number of hydrogen-bond acceptors (Lipinski definition) is 6. The highest BCUT2D eigenvalue weighted by atomic mass is 16.5. The van der Waals surface area contributed by atoms with E-state index in [0.29, 0.717) is 19.0 Å². The third-order valence-corrected chi connectivity index (χ3v) is 7.16. The van der Waals surface area contributed by atoms with E-state index in [-0.39, 0.29) is 5.92 Å². The van der Waals surface area contributed by atoms with E-state index in [9.17, 15) is 4.79 Å². The number of carbonyl (C=O) groups excluding carboxylic acids is 1. The number of para-hydroxylation sites is 1. The SMILES string of the molecule is COc1ccc(-c2nnc3c4ccccc4nc(N4CCN(C(=O)C5CCCC5)CC4)n23)cc1. The smallest absolute Gasteiger partial charge is 0.225 e. The molecule has 0 bridgehead atoms.